The van der Waals surface area contributed by atoms with Crippen LogP contribution in [0.3, 0.4) is 0 Å². The van der Waals surface area contributed by atoms with Crippen molar-refractivity contribution in [2.24, 2.45) is 0 Å². The van der Waals surface area contributed by atoms with Gasteiger partial charge in [-0.25, -0.2) is 15.0 Å². The van der Waals surface area contributed by atoms with E-state index in [-0.39, 0.29) is 0 Å². The molecular weight excluding hydrogens is 260 g/mol. The van der Waals surface area contributed by atoms with Crippen molar-refractivity contribution in [2.75, 3.05) is 11.9 Å². The quantitative estimate of drug-likeness (QED) is 0.846. The maximum atomic E-state index is 5.57. The molecule has 2 heterocycles. The number of aryl methyl sites for hydroxylation is 3. The standard InChI is InChI=1S/C13H18N4OS/c1-5-6-14-12-15-7-8(2)11(17-12)19-13-16-9(3)10(4)18-13/h7H,5-6H2,1-4H3,(H,14,15,17). The molecule has 6 heteroatoms. The van der Waals surface area contributed by atoms with Crippen LogP contribution < -0.4 is 5.32 Å². The number of anilines is 1. The molecule has 0 atom stereocenters. The predicted molar refractivity (Wildman–Crippen MR) is 75.6 cm³/mol. The second-order valence-electron chi connectivity index (χ2n) is 4.33. The van der Waals surface area contributed by atoms with Gasteiger partial charge in [-0.1, -0.05) is 6.92 Å². The van der Waals surface area contributed by atoms with E-state index in [9.17, 15) is 0 Å². The van der Waals surface area contributed by atoms with Gasteiger partial charge in [0.2, 0.25) is 5.95 Å². The summed E-state index contributed by atoms with van der Waals surface area (Å²) >= 11 is 1.43. The minimum atomic E-state index is 0.623. The van der Waals surface area contributed by atoms with Crippen LogP contribution in [0.25, 0.3) is 0 Å². The molecule has 0 aliphatic rings. The highest BCUT2D eigenvalue weighted by Crippen LogP contribution is 2.29. The minimum Gasteiger partial charge on any atom is -0.436 e. The maximum absolute atomic E-state index is 5.57. The van der Waals surface area contributed by atoms with Crippen molar-refractivity contribution >= 4 is 17.7 Å². The van der Waals surface area contributed by atoms with Crippen molar-refractivity contribution < 1.29 is 4.42 Å². The molecule has 1 N–H and O–H groups in total. The molecule has 0 aliphatic carbocycles. The molecule has 5 nitrogen and oxygen atoms in total. The van der Waals surface area contributed by atoms with Crippen LogP contribution in [-0.4, -0.2) is 21.5 Å². The molecule has 102 valence electrons. The van der Waals surface area contributed by atoms with Crippen molar-refractivity contribution in [1.29, 1.82) is 0 Å². The number of oxazole rings is 1. The van der Waals surface area contributed by atoms with Gasteiger partial charge < -0.3 is 9.73 Å². The Morgan fingerprint density at radius 1 is 1.26 bits per heavy atom. The fraction of sp³-hybridized carbons (Fsp3) is 0.462. The molecule has 2 rings (SSSR count). The van der Waals surface area contributed by atoms with Crippen molar-refractivity contribution in [3.05, 3.63) is 23.2 Å². The molecule has 0 radical (unpaired) electrons. The molecule has 0 aromatic carbocycles. The highest BCUT2D eigenvalue weighted by Gasteiger charge is 2.11. The number of hydrogen-bond donors (Lipinski definition) is 1. The van der Waals surface area contributed by atoms with E-state index < -0.39 is 0 Å². The van der Waals surface area contributed by atoms with Gasteiger partial charge in [0, 0.05) is 18.3 Å². The number of hydrogen-bond acceptors (Lipinski definition) is 6. The predicted octanol–water partition coefficient (Wildman–Crippen LogP) is 3.36. The van der Waals surface area contributed by atoms with Gasteiger partial charge in [-0.05, 0) is 39.0 Å². The third-order valence-corrected chi connectivity index (χ3v) is 3.61. The van der Waals surface area contributed by atoms with E-state index in [1.165, 1.54) is 11.8 Å². The fourth-order valence-electron chi connectivity index (χ4n) is 1.42. The zero-order valence-corrected chi connectivity index (χ0v) is 12.5. The molecule has 0 aliphatic heterocycles. The Morgan fingerprint density at radius 3 is 2.68 bits per heavy atom. The maximum Gasteiger partial charge on any atom is 0.262 e. The summed E-state index contributed by atoms with van der Waals surface area (Å²) in [6.45, 7) is 8.80. The van der Waals surface area contributed by atoms with Crippen molar-refractivity contribution in [3.63, 3.8) is 0 Å². The SMILES string of the molecule is CCCNc1ncc(C)c(Sc2nc(C)c(C)o2)n1. The molecule has 0 amide bonds. The molecule has 2 aromatic rings. The van der Waals surface area contributed by atoms with Gasteiger partial charge in [0.25, 0.3) is 5.22 Å². The molecule has 19 heavy (non-hydrogen) atoms. The van der Waals surface area contributed by atoms with Crippen molar-refractivity contribution in [1.82, 2.24) is 15.0 Å². The molecule has 0 saturated heterocycles. The van der Waals surface area contributed by atoms with Gasteiger partial charge in [0.1, 0.15) is 10.8 Å². The zero-order valence-electron chi connectivity index (χ0n) is 11.6. The molecule has 0 saturated carbocycles. The van der Waals surface area contributed by atoms with Crippen LogP contribution in [0.1, 0.15) is 30.4 Å². The van der Waals surface area contributed by atoms with E-state index in [4.69, 9.17) is 4.42 Å². The first-order valence-corrected chi connectivity index (χ1v) is 7.11. The fourth-order valence-corrected chi connectivity index (χ4v) is 2.28. The molecule has 2 aromatic heterocycles. The van der Waals surface area contributed by atoms with E-state index in [1.807, 2.05) is 27.0 Å². The smallest absolute Gasteiger partial charge is 0.262 e. The van der Waals surface area contributed by atoms with Gasteiger partial charge in [-0.2, -0.15) is 0 Å². The average Bonchev–Trinajstić information content (AvgIpc) is 2.69. The number of nitrogens with one attached hydrogen (secondary N) is 1. The van der Waals surface area contributed by atoms with Crippen LogP contribution in [0, 0.1) is 20.8 Å². The number of aromatic nitrogens is 3. The van der Waals surface area contributed by atoms with Crippen LogP contribution in [0.5, 0.6) is 0 Å². The van der Waals surface area contributed by atoms with E-state index in [0.29, 0.717) is 11.2 Å². The second-order valence-corrected chi connectivity index (χ2v) is 5.27. The third-order valence-electron chi connectivity index (χ3n) is 2.65. The molecule has 0 bridgehead atoms. The van der Waals surface area contributed by atoms with E-state index in [0.717, 1.165) is 35.0 Å². The number of nitrogens with zero attached hydrogens (tertiary/aromatic N) is 3. The zero-order chi connectivity index (χ0) is 13.8. The van der Waals surface area contributed by atoms with Gasteiger partial charge in [0.15, 0.2) is 0 Å². The van der Waals surface area contributed by atoms with Crippen LogP contribution in [0.2, 0.25) is 0 Å². The monoisotopic (exact) mass is 278 g/mol. The number of rotatable bonds is 5. The average molecular weight is 278 g/mol. The van der Waals surface area contributed by atoms with Gasteiger partial charge in [-0.15, -0.1) is 0 Å². The summed E-state index contributed by atoms with van der Waals surface area (Å²) in [6, 6.07) is 0. The van der Waals surface area contributed by atoms with Gasteiger partial charge >= 0.3 is 0 Å². The lowest BCUT2D eigenvalue weighted by atomic mass is 10.4. The summed E-state index contributed by atoms with van der Waals surface area (Å²) in [7, 11) is 0. The largest absolute Gasteiger partial charge is 0.436 e. The summed E-state index contributed by atoms with van der Waals surface area (Å²) in [5.74, 6) is 1.49. The van der Waals surface area contributed by atoms with Gasteiger partial charge in [-0.3, -0.25) is 0 Å². The summed E-state index contributed by atoms with van der Waals surface area (Å²) in [5.41, 5.74) is 1.93. The Kier molecular flexibility index (Phi) is 4.42. The Hall–Kier alpha value is -1.56. The second kappa shape index (κ2) is 6.06. The van der Waals surface area contributed by atoms with Crippen LogP contribution >= 0.6 is 11.8 Å². The topological polar surface area (TPSA) is 63.8 Å². The summed E-state index contributed by atoms with van der Waals surface area (Å²) in [5, 5.41) is 4.67. The lowest BCUT2D eigenvalue weighted by molar-refractivity contribution is 0.431. The Bertz CT molecular complexity index is 548. The molecular formula is C13H18N4OS. The highest BCUT2D eigenvalue weighted by atomic mass is 32.2. The summed E-state index contributed by atoms with van der Waals surface area (Å²) in [6.07, 6.45) is 2.85. The Morgan fingerprint density at radius 2 is 2.05 bits per heavy atom. The van der Waals surface area contributed by atoms with Crippen LogP contribution in [0.4, 0.5) is 5.95 Å². The van der Waals surface area contributed by atoms with Crippen LogP contribution in [-0.2, 0) is 0 Å². The molecule has 0 fully saturated rings. The van der Waals surface area contributed by atoms with Crippen molar-refractivity contribution in [3.8, 4) is 0 Å². The minimum absolute atomic E-state index is 0.623. The van der Waals surface area contributed by atoms with Crippen LogP contribution in [0.15, 0.2) is 20.9 Å². The Labute approximate surface area is 117 Å². The first kappa shape index (κ1) is 13.9. The third kappa shape index (κ3) is 3.47. The lowest BCUT2D eigenvalue weighted by Gasteiger charge is -2.06. The van der Waals surface area contributed by atoms with Crippen molar-refractivity contribution in [2.45, 2.75) is 44.4 Å². The van der Waals surface area contributed by atoms with E-state index in [2.05, 4.69) is 27.2 Å². The van der Waals surface area contributed by atoms with E-state index in [1.54, 1.807) is 0 Å². The molecule has 0 spiro atoms. The van der Waals surface area contributed by atoms with E-state index >= 15 is 0 Å². The summed E-state index contributed by atoms with van der Waals surface area (Å²) < 4.78 is 5.57. The first-order valence-electron chi connectivity index (χ1n) is 6.29. The normalized spacial score (nSPS) is 10.7. The first-order chi connectivity index (χ1) is 9.10. The highest BCUT2D eigenvalue weighted by molar-refractivity contribution is 7.99. The summed E-state index contributed by atoms with van der Waals surface area (Å²) in [4.78, 5) is 13.1. The lowest BCUT2D eigenvalue weighted by Crippen LogP contribution is -2.05. The molecule has 0 unspecified atom stereocenters. The van der Waals surface area contributed by atoms with Gasteiger partial charge in [0.05, 0.1) is 5.69 Å². The Balaban J connectivity index is 2.18.